The van der Waals surface area contributed by atoms with E-state index in [0.29, 0.717) is 13.0 Å². The van der Waals surface area contributed by atoms with E-state index in [2.05, 4.69) is 12.1 Å². The summed E-state index contributed by atoms with van der Waals surface area (Å²) in [4.78, 5) is 25.6. The van der Waals surface area contributed by atoms with Gasteiger partial charge < -0.3 is 9.84 Å². The average molecular weight is 333 g/mol. The lowest BCUT2D eigenvalue weighted by atomic mass is 9.86. The van der Waals surface area contributed by atoms with E-state index in [1.807, 2.05) is 20.8 Å². The normalized spacial score (nSPS) is 21.0. The van der Waals surface area contributed by atoms with Crippen LogP contribution in [0.15, 0.2) is 12.1 Å². The molecular weight excluding hydrogens is 306 g/mol. The monoisotopic (exact) mass is 333 g/mol. The largest absolute Gasteiger partial charge is 0.480 e. The Morgan fingerprint density at radius 1 is 1.12 bits per heavy atom. The van der Waals surface area contributed by atoms with Crippen molar-refractivity contribution in [2.24, 2.45) is 0 Å². The Bertz CT molecular complexity index is 660. The zero-order valence-corrected chi connectivity index (χ0v) is 15.3. The molecule has 2 atom stereocenters. The lowest BCUT2D eigenvalue weighted by Crippen LogP contribution is -2.45. The molecule has 132 valence electrons. The number of hydrogen-bond donors (Lipinski definition) is 1. The molecule has 1 heterocycles. The van der Waals surface area contributed by atoms with Crippen LogP contribution in [0.4, 0.5) is 4.79 Å². The summed E-state index contributed by atoms with van der Waals surface area (Å²) in [5.41, 5.74) is 3.76. The Morgan fingerprint density at radius 3 is 2.25 bits per heavy atom. The molecule has 1 amide bonds. The number of carboxylic acid groups (broad SMARTS) is 1. The molecule has 1 fully saturated rings. The SMILES string of the molecule is Cc1cc(C)c([C@@H]2CCN(C(=O)OC(C)(C)C)[C@H]2C(=O)O)cc1C. The van der Waals surface area contributed by atoms with Crippen molar-refractivity contribution in [1.29, 1.82) is 0 Å². The topological polar surface area (TPSA) is 66.8 Å². The highest BCUT2D eigenvalue weighted by atomic mass is 16.6. The fourth-order valence-electron chi connectivity index (χ4n) is 3.33. The molecule has 2 rings (SSSR count). The molecule has 1 N–H and O–H groups in total. The number of likely N-dealkylation sites (tertiary alicyclic amines) is 1. The van der Waals surface area contributed by atoms with Gasteiger partial charge in [-0.3, -0.25) is 4.90 Å². The second-order valence-electron chi connectivity index (χ2n) is 7.65. The molecule has 1 aromatic carbocycles. The van der Waals surface area contributed by atoms with E-state index in [1.165, 1.54) is 10.5 Å². The van der Waals surface area contributed by atoms with Gasteiger partial charge in [-0.1, -0.05) is 12.1 Å². The maximum absolute atomic E-state index is 12.4. The highest BCUT2D eigenvalue weighted by Crippen LogP contribution is 2.37. The first-order valence-electron chi connectivity index (χ1n) is 8.31. The number of hydrogen-bond acceptors (Lipinski definition) is 3. The minimum Gasteiger partial charge on any atom is -0.480 e. The number of rotatable bonds is 2. The van der Waals surface area contributed by atoms with Crippen molar-refractivity contribution in [3.05, 3.63) is 34.4 Å². The fourth-order valence-corrected chi connectivity index (χ4v) is 3.33. The Balaban J connectivity index is 2.35. The number of benzene rings is 1. The molecule has 1 aliphatic heterocycles. The Labute approximate surface area is 143 Å². The molecule has 0 aromatic heterocycles. The maximum atomic E-state index is 12.4. The number of carbonyl (C=O) groups is 2. The molecule has 1 aromatic rings. The van der Waals surface area contributed by atoms with Gasteiger partial charge in [-0.05, 0) is 70.2 Å². The summed E-state index contributed by atoms with van der Waals surface area (Å²) in [7, 11) is 0. The molecule has 24 heavy (non-hydrogen) atoms. The highest BCUT2D eigenvalue weighted by molar-refractivity contribution is 5.82. The van der Waals surface area contributed by atoms with Gasteiger partial charge >= 0.3 is 12.1 Å². The molecule has 0 radical (unpaired) electrons. The minimum absolute atomic E-state index is 0.214. The van der Waals surface area contributed by atoms with Gasteiger partial charge in [0, 0.05) is 12.5 Å². The summed E-state index contributed by atoms with van der Waals surface area (Å²) < 4.78 is 5.38. The Kier molecular flexibility index (Phi) is 4.92. The number of carboxylic acids is 1. The van der Waals surface area contributed by atoms with Crippen molar-refractivity contribution in [2.45, 2.75) is 65.5 Å². The number of carbonyl (C=O) groups excluding carboxylic acids is 1. The fraction of sp³-hybridized carbons (Fsp3) is 0.579. The molecule has 1 saturated heterocycles. The van der Waals surface area contributed by atoms with Crippen LogP contribution in [0.3, 0.4) is 0 Å². The van der Waals surface area contributed by atoms with E-state index in [9.17, 15) is 14.7 Å². The van der Waals surface area contributed by atoms with Crippen molar-refractivity contribution in [3.8, 4) is 0 Å². The molecule has 0 bridgehead atoms. The van der Waals surface area contributed by atoms with Crippen molar-refractivity contribution >= 4 is 12.1 Å². The van der Waals surface area contributed by atoms with Gasteiger partial charge in [-0.15, -0.1) is 0 Å². The van der Waals surface area contributed by atoms with Crippen molar-refractivity contribution < 1.29 is 19.4 Å². The van der Waals surface area contributed by atoms with Crippen LogP contribution in [0, 0.1) is 20.8 Å². The molecule has 0 unspecified atom stereocenters. The molecule has 1 aliphatic rings. The average Bonchev–Trinajstić information content (AvgIpc) is 2.85. The van der Waals surface area contributed by atoms with Gasteiger partial charge in [0.1, 0.15) is 11.6 Å². The zero-order valence-electron chi connectivity index (χ0n) is 15.3. The molecule has 0 aliphatic carbocycles. The highest BCUT2D eigenvalue weighted by Gasteiger charge is 2.44. The number of amides is 1. The lowest BCUT2D eigenvalue weighted by Gasteiger charge is -2.29. The summed E-state index contributed by atoms with van der Waals surface area (Å²) in [6.07, 6.45) is 0.0680. The van der Waals surface area contributed by atoms with E-state index in [-0.39, 0.29) is 5.92 Å². The van der Waals surface area contributed by atoms with E-state index in [0.717, 1.165) is 16.7 Å². The molecule has 0 spiro atoms. The van der Waals surface area contributed by atoms with E-state index >= 15 is 0 Å². The third kappa shape index (κ3) is 3.71. The smallest absolute Gasteiger partial charge is 0.411 e. The van der Waals surface area contributed by atoms with Crippen LogP contribution in [-0.2, 0) is 9.53 Å². The number of aliphatic carboxylic acids is 1. The second-order valence-corrected chi connectivity index (χ2v) is 7.65. The predicted molar refractivity (Wildman–Crippen MR) is 92.4 cm³/mol. The van der Waals surface area contributed by atoms with Gasteiger partial charge in [0.2, 0.25) is 0 Å². The third-order valence-corrected chi connectivity index (χ3v) is 4.56. The van der Waals surface area contributed by atoms with Crippen molar-refractivity contribution in [3.63, 3.8) is 0 Å². The number of aryl methyl sites for hydroxylation is 3. The molecule has 5 heteroatoms. The summed E-state index contributed by atoms with van der Waals surface area (Å²) in [6.45, 7) is 11.8. The van der Waals surface area contributed by atoms with Crippen molar-refractivity contribution in [1.82, 2.24) is 4.90 Å². The standard InChI is InChI=1S/C19H27NO4/c1-11-9-13(3)15(10-12(11)2)14-7-8-20(16(14)17(21)22)18(23)24-19(4,5)6/h9-10,14,16H,7-8H2,1-6H3,(H,21,22)/t14-,16+/m0/s1. The van der Waals surface area contributed by atoms with Gasteiger partial charge in [-0.25, -0.2) is 9.59 Å². The predicted octanol–water partition coefficient (Wildman–Crippen LogP) is 3.79. The summed E-state index contributed by atoms with van der Waals surface area (Å²) in [5, 5.41) is 9.73. The van der Waals surface area contributed by atoms with E-state index in [1.54, 1.807) is 20.8 Å². The van der Waals surface area contributed by atoms with E-state index < -0.39 is 23.7 Å². The van der Waals surface area contributed by atoms with Crippen LogP contribution >= 0.6 is 0 Å². The van der Waals surface area contributed by atoms with Gasteiger partial charge in [0.15, 0.2) is 0 Å². The minimum atomic E-state index is -0.985. The first-order chi connectivity index (χ1) is 11.0. The van der Waals surface area contributed by atoms with Gasteiger partial charge in [0.25, 0.3) is 0 Å². The van der Waals surface area contributed by atoms with Gasteiger partial charge in [-0.2, -0.15) is 0 Å². The molecular formula is C19H27NO4. The quantitative estimate of drug-likeness (QED) is 0.894. The summed E-state index contributed by atoms with van der Waals surface area (Å²) >= 11 is 0. The van der Waals surface area contributed by atoms with Crippen LogP contribution in [0.5, 0.6) is 0 Å². The summed E-state index contributed by atoms with van der Waals surface area (Å²) in [6, 6.07) is 3.25. The van der Waals surface area contributed by atoms with Crippen LogP contribution in [-0.4, -0.2) is 40.3 Å². The Hall–Kier alpha value is -2.04. The van der Waals surface area contributed by atoms with E-state index in [4.69, 9.17) is 4.74 Å². The molecule has 5 nitrogen and oxygen atoms in total. The van der Waals surface area contributed by atoms with Crippen LogP contribution < -0.4 is 0 Å². The first kappa shape index (κ1) is 18.3. The molecule has 0 saturated carbocycles. The van der Waals surface area contributed by atoms with Crippen LogP contribution in [0.1, 0.15) is 55.4 Å². The third-order valence-electron chi connectivity index (χ3n) is 4.56. The number of ether oxygens (including phenoxy) is 1. The zero-order chi connectivity index (χ0) is 18.2. The van der Waals surface area contributed by atoms with Crippen molar-refractivity contribution in [2.75, 3.05) is 6.54 Å². The first-order valence-corrected chi connectivity index (χ1v) is 8.31. The Morgan fingerprint density at radius 2 is 1.71 bits per heavy atom. The maximum Gasteiger partial charge on any atom is 0.411 e. The second kappa shape index (κ2) is 6.46. The van der Waals surface area contributed by atoms with Crippen LogP contribution in [0.25, 0.3) is 0 Å². The lowest BCUT2D eigenvalue weighted by molar-refractivity contribution is -0.142. The number of nitrogens with zero attached hydrogens (tertiary/aromatic N) is 1. The summed E-state index contributed by atoms with van der Waals surface area (Å²) in [5.74, 6) is -1.20. The van der Waals surface area contributed by atoms with Gasteiger partial charge in [0.05, 0.1) is 0 Å². The van der Waals surface area contributed by atoms with Crippen LogP contribution in [0.2, 0.25) is 0 Å².